The molecule has 4 aromatic rings. The average molecular weight is 459 g/mol. The Bertz CT molecular complexity index is 1220. The highest BCUT2D eigenvalue weighted by atomic mass is 79.9. The summed E-state index contributed by atoms with van der Waals surface area (Å²) in [6, 6.07) is 12.8. The van der Waals surface area contributed by atoms with Crippen molar-refractivity contribution in [3.63, 3.8) is 0 Å². The van der Waals surface area contributed by atoms with Crippen LogP contribution in [-0.4, -0.2) is 19.2 Å². The second kappa shape index (κ2) is 7.65. The Morgan fingerprint density at radius 2 is 1.89 bits per heavy atom. The lowest BCUT2D eigenvalue weighted by molar-refractivity contribution is 0.355. The Morgan fingerprint density at radius 1 is 1.07 bits per heavy atom. The topological polar surface area (TPSA) is 73.6 Å². The van der Waals surface area contributed by atoms with Gasteiger partial charge in [-0.15, -0.1) is 11.3 Å². The molecule has 28 heavy (non-hydrogen) atoms. The minimum Gasteiger partial charge on any atom is -0.493 e. The lowest BCUT2D eigenvalue weighted by Gasteiger charge is -2.09. The van der Waals surface area contributed by atoms with E-state index >= 15 is 0 Å². The standard InChI is InChI=1S/C20H15BrN2O4S/c1-25-17-6-4-13(9-18(17)26-2)22-20-23-15(10-28-20)14-8-11-7-12(21)3-5-16(11)27-19(14)24/h3-10H,1-2H3,(H,22,23). The zero-order valence-electron chi connectivity index (χ0n) is 15.0. The minimum absolute atomic E-state index is 0.419. The quantitative estimate of drug-likeness (QED) is 0.401. The van der Waals surface area contributed by atoms with E-state index in [4.69, 9.17) is 13.9 Å². The van der Waals surface area contributed by atoms with Crippen molar-refractivity contribution in [2.75, 3.05) is 19.5 Å². The molecule has 0 radical (unpaired) electrons. The molecule has 0 amide bonds. The monoisotopic (exact) mass is 458 g/mol. The minimum atomic E-state index is -0.419. The molecule has 142 valence electrons. The van der Waals surface area contributed by atoms with E-state index in [0.29, 0.717) is 33.5 Å². The van der Waals surface area contributed by atoms with E-state index in [-0.39, 0.29) is 0 Å². The number of halogens is 1. The van der Waals surface area contributed by atoms with E-state index in [1.807, 2.05) is 35.7 Å². The van der Waals surface area contributed by atoms with Crippen LogP contribution >= 0.6 is 27.3 Å². The summed E-state index contributed by atoms with van der Waals surface area (Å²) in [4.78, 5) is 16.9. The van der Waals surface area contributed by atoms with Gasteiger partial charge in [0.1, 0.15) is 5.58 Å². The van der Waals surface area contributed by atoms with Gasteiger partial charge in [0.2, 0.25) is 0 Å². The molecule has 2 aromatic heterocycles. The van der Waals surface area contributed by atoms with Crippen LogP contribution in [0.25, 0.3) is 22.2 Å². The molecule has 2 aromatic carbocycles. The highest BCUT2D eigenvalue weighted by Crippen LogP contribution is 2.33. The number of rotatable bonds is 5. The van der Waals surface area contributed by atoms with Crippen molar-refractivity contribution in [2.45, 2.75) is 0 Å². The van der Waals surface area contributed by atoms with Crippen LogP contribution in [0.5, 0.6) is 11.5 Å². The Morgan fingerprint density at radius 3 is 2.68 bits per heavy atom. The molecular formula is C20H15BrN2O4S. The zero-order valence-corrected chi connectivity index (χ0v) is 17.4. The summed E-state index contributed by atoms with van der Waals surface area (Å²) in [6.07, 6.45) is 0. The molecule has 2 heterocycles. The van der Waals surface area contributed by atoms with E-state index in [0.717, 1.165) is 15.5 Å². The Labute approximate surface area is 172 Å². The maximum absolute atomic E-state index is 12.4. The number of nitrogens with zero attached hydrogens (tertiary/aromatic N) is 1. The van der Waals surface area contributed by atoms with Gasteiger partial charge >= 0.3 is 5.63 Å². The number of benzene rings is 2. The lowest BCUT2D eigenvalue weighted by atomic mass is 10.1. The summed E-state index contributed by atoms with van der Waals surface area (Å²) in [7, 11) is 3.17. The molecule has 0 saturated heterocycles. The van der Waals surface area contributed by atoms with Crippen molar-refractivity contribution in [3.05, 3.63) is 62.7 Å². The molecule has 0 spiro atoms. The first-order chi connectivity index (χ1) is 13.6. The van der Waals surface area contributed by atoms with Gasteiger partial charge in [-0.25, -0.2) is 9.78 Å². The number of ether oxygens (including phenoxy) is 2. The molecule has 6 nitrogen and oxygen atoms in total. The van der Waals surface area contributed by atoms with Gasteiger partial charge in [-0.3, -0.25) is 0 Å². The van der Waals surface area contributed by atoms with Crippen LogP contribution in [0.2, 0.25) is 0 Å². The van der Waals surface area contributed by atoms with E-state index < -0.39 is 5.63 Å². The smallest absolute Gasteiger partial charge is 0.345 e. The molecule has 0 atom stereocenters. The van der Waals surface area contributed by atoms with Gasteiger partial charge < -0.3 is 19.2 Å². The summed E-state index contributed by atoms with van der Waals surface area (Å²) >= 11 is 4.83. The van der Waals surface area contributed by atoms with Crippen LogP contribution in [-0.2, 0) is 0 Å². The first-order valence-corrected chi connectivity index (χ1v) is 9.93. The molecule has 4 rings (SSSR count). The van der Waals surface area contributed by atoms with Crippen LogP contribution in [0.15, 0.2) is 61.5 Å². The number of nitrogens with one attached hydrogen (secondary N) is 1. The summed E-state index contributed by atoms with van der Waals surface area (Å²) in [6.45, 7) is 0. The molecule has 0 bridgehead atoms. The highest BCUT2D eigenvalue weighted by molar-refractivity contribution is 9.10. The Hall–Kier alpha value is -2.84. The van der Waals surface area contributed by atoms with E-state index in [2.05, 4.69) is 26.2 Å². The van der Waals surface area contributed by atoms with Crippen molar-refractivity contribution >= 4 is 49.1 Å². The third-order valence-electron chi connectivity index (χ3n) is 4.11. The van der Waals surface area contributed by atoms with Crippen molar-refractivity contribution in [2.24, 2.45) is 0 Å². The second-order valence-electron chi connectivity index (χ2n) is 5.86. The largest absolute Gasteiger partial charge is 0.493 e. The predicted octanol–water partition coefficient (Wildman–Crippen LogP) is 5.44. The number of thiazole rings is 1. The average Bonchev–Trinajstić information content (AvgIpc) is 3.15. The van der Waals surface area contributed by atoms with Gasteiger partial charge in [-0.05, 0) is 36.4 Å². The lowest BCUT2D eigenvalue weighted by Crippen LogP contribution is -2.03. The third kappa shape index (κ3) is 3.61. The van der Waals surface area contributed by atoms with Crippen molar-refractivity contribution in [3.8, 4) is 22.8 Å². The number of hydrogen-bond donors (Lipinski definition) is 1. The normalized spacial score (nSPS) is 10.8. The second-order valence-corrected chi connectivity index (χ2v) is 7.64. The van der Waals surface area contributed by atoms with Crippen LogP contribution < -0.4 is 20.4 Å². The summed E-state index contributed by atoms with van der Waals surface area (Å²) in [5.41, 5.74) is 1.90. The number of fused-ring (bicyclic) bond motifs is 1. The van der Waals surface area contributed by atoms with Gasteiger partial charge in [0, 0.05) is 27.0 Å². The van der Waals surface area contributed by atoms with Crippen molar-refractivity contribution in [1.29, 1.82) is 0 Å². The number of methoxy groups -OCH3 is 2. The highest BCUT2D eigenvalue weighted by Gasteiger charge is 2.13. The predicted molar refractivity (Wildman–Crippen MR) is 114 cm³/mol. The molecule has 0 unspecified atom stereocenters. The Kier molecular flexibility index (Phi) is 5.06. The van der Waals surface area contributed by atoms with Crippen molar-refractivity contribution < 1.29 is 13.9 Å². The van der Waals surface area contributed by atoms with Gasteiger partial charge in [0.15, 0.2) is 16.6 Å². The SMILES string of the molecule is COc1ccc(Nc2nc(-c3cc4cc(Br)ccc4oc3=O)cs2)cc1OC. The number of hydrogen-bond acceptors (Lipinski definition) is 7. The first-order valence-electron chi connectivity index (χ1n) is 8.26. The molecule has 0 aliphatic heterocycles. The summed E-state index contributed by atoms with van der Waals surface area (Å²) in [5, 5.41) is 6.51. The van der Waals surface area contributed by atoms with Gasteiger partial charge in [0.25, 0.3) is 0 Å². The Balaban J connectivity index is 1.65. The van der Waals surface area contributed by atoms with Crippen LogP contribution in [0, 0.1) is 0 Å². The van der Waals surface area contributed by atoms with Crippen molar-refractivity contribution in [1.82, 2.24) is 4.98 Å². The fourth-order valence-corrected chi connectivity index (χ4v) is 3.87. The van der Waals surface area contributed by atoms with Gasteiger partial charge in [-0.1, -0.05) is 15.9 Å². The molecule has 0 aliphatic rings. The maximum Gasteiger partial charge on any atom is 0.345 e. The molecule has 0 fully saturated rings. The van der Waals surface area contributed by atoms with Crippen LogP contribution in [0.1, 0.15) is 0 Å². The van der Waals surface area contributed by atoms with E-state index in [1.54, 1.807) is 26.4 Å². The molecule has 0 saturated carbocycles. The van der Waals surface area contributed by atoms with Gasteiger partial charge in [-0.2, -0.15) is 0 Å². The maximum atomic E-state index is 12.4. The van der Waals surface area contributed by atoms with E-state index in [9.17, 15) is 4.79 Å². The number of anilines is 2. The van der Waals surface area contributed by atoms with E-state index in [1.165, 1.54) is 11.3 Å². The summed E-state index contributed by atoms with van der Waals surface area (Å²) in [5.74, 6) is 1.26. The number of aromatic nitrogens is 1. The summed E-state index contributed by atoms with van der Waals surface area (Å²) < 4.78 is 16.9. The first kappa shape index (κ1) is 18.5. The zero-order chi connectivity index (χ0) is 19.7. The third-order valence-corrected chi connectivity index (χ3v) is 5.36. The fourth-order valence-electron chi connectivity index (χ4n) is 2.77. The molecule has 0 aliphatic carbocycles. The fraction of sp³-hybridized carbons (Fsp3) is 0.100. The van der Waals surface area contributed by atoms with Crippen LogP contribution in [0.4, 0.5) is 10.8 Å². The molecule has 8 heteroatoms. The molecule has 1 N–H and O–H groups in total. The molecular weight excluding hydrogens is 444 g/mol. The van der Waals surface area contributed by atoms with Gasteiger partial charge in [0.05, 0.1) is 25.5 Å². The van der Waals surface area contributed by atoms with Crippen LogP contribution in [0.3, 0.4) is 0 Å².